The summed E-state index contributed by atoms with van der Waals surface area (Å²) in [5.74, 6) is -3.07. The van der Waals surface area contributed by atoms with Crippen LogP contribution in [0, 0.1) is 5.82 Å². The second-order valence-electron chi connectivity index (χ2n) is 7.98. The first-order chi connectivity index (χ1) is 14.9. The predicted molar refractivity (Wildman–Crippen MR) is 118 cm³/mol. The van der Waals surface area contributed by atoms with Crippen molar-refractivity contribution in [1.29, 1.82) is 0 Å². The number of hydrogen-bond donors (Lipinski definition) is 1. The summed E-state index contributed by atoms with van der Waals surface area (Å²) in [7, 11) is 1.33. The maximum atomic E-state index is 13.6. The number of carboxylic acid groups (broad SMARTS) is 1. The van der Waals surface area contributed by atoms with E-state index in [1.807, 2.05) is 0 Å². The van der Waals surface area contributed by atoms with Gasteiger partial charge in [-0.3, -0.25) is 4.79 Å². The Morgan fingerprint density at radius 2 is 1.75 bits per heavy atom. The topological polar surface area (TPSA) is 90.8 Å². The lowest BCUT2D eigenvalue weighted by atomic mass is 9.98. The van der Waals surface area contributed by atoms with Gasteiger partial charge in [0.25, 0.3) is 5.91 Å². The first kappa shape index (κ1) is 23.7. The number of halogens is 3. The molecule has 0 fully saturated rings. The van der Waals surface area contributed by atoms with Gasteiger partial charge < -0.3 is 20.0 Å². The van der Waals surface area contributed by atoms with E-state index in [9.17, 15) is 19.1 Å². The molecule has 1 amide bonds. The van der Waals surface area contributed by atoms with Crippen LogP contribution in [0.5, 0.6) is 0 Å². The van der Waals surface area contributed by atoms with Crippen LogP contribution in [-0.2, 0) is 9.53 Å². The summed E-state index contributed by atoms with van der Waals surface area (Å²) in [5.41, 5.74) is -0.850. The van der Waals surface area contributed by atoms with Crippen LogP contribution >= 0.6 is 23.2 Å². The monoisotopic (exact) mass is 479 g/mol. The van der Waals surface area contributed by atoms with Crippen molar-refractivity contribution in [3.63, 3.8) is 0 Å². The molecule has 0 spiro atoms. The standard InChI is InChI=1S/C22H20Cl2FN3O4/c1-22(2,3)28(14-8-6-13(25)7-9-14)17(20(30)31)18(27-21(28)32-4)26-19(29)15-10-5-12(23)11-16(15)24/h5-11H,1-4H3,(H-,26,29,30,31). The summed E-state index contributed by atoms with van der Waals surface area (Å²) < 4.78 is 18.6. The number of ether oxygens (including phenoxy) is 1. The van der Waals surface area contributed by atoms with Gasteiger partial charge in [0.2, 0.25) is 11.5 Å². The first-order valence-electron chi connectivity index (χ1n) is 9.44. The Labute approximate surface area is 194 Å². The molecule has 168 valence electrons. The van der Waals surface area contributed by atoms with Gasteiger partial charge in [0.15, 0.2) is 0 Å². The number of benzene rings is 2. The number of carboxylic acids is 1. The van der Waals surface area contributed by atoms with Crippen molar-refractivity contribution < 1.29 is 23.8 Å². The fraction of sp³-hybridized carbons (Fsp3) is 0.227. The Morgan fingerprint density at radius 3 is 2.25 bits per heavy atom. The van der Waals surface area contributed by atoms with Gasteiger partial charge in [-0.05, 0) is 51.1 Å². The van der Waals surface area contributed by atoms with Crippen LogP contribution in [0.15, 0.2) is 59.0 Å². The molecule has 1 aliphatic heterocycles. The summed E-state index contributed by atoms with van der Waals surface area (Å²) in [4.78, 5) is 29.6. The predicted octanol–water partition coefficient (Wildman–Crippen LogP) is 3.60. The molecular formula is C22H20Cl2FN3O4. The zero-order valence-corrected chi connectivity index (χ0v) is 19.2. The summed E-state index contributed by atoms with van der Waals surface area (Å²) in [6, 6.07) is 9.48. The molecule has 10 heteroatoms. The Bertz CT molecular complexity index is 1160. The van der Waals surface area contributed by atoms with E-state index in [0.717, 1.165) is 0 Å². The third-order valence-corrected chi connectivity index (χ3v) is 5.61. The fourth-order valence-corrected chi connectivity index (χ4v) is 4.24. The number of aliphatic imine (C=N–C) groups is 1. The van der Waals surface area contributed by atoms with Crippen molar-refractivity contribution in [2.75, 3.05) is 7.11 Å². The van der Waals surface area contributed by atoms with Gasteiger partial charge in [-0.25, -0.2) is 4.39 Å². The van der Waals surface area contributed by atoms with E-state index in [-0.39, 0.29) is 28.1 Å². The molecule has 1 unspecified atom stereocenters. The van der Waals surface area contributed by atoms with Gasteiger partial charge in [-0.15, -0.1) is 4.99 Å². The molecule has 0 aromatic heterocycles. The molecule has 1 heterocycles. The molecule has 32 heavy (non-hydrogen) atoms. The van der Waals surface area contributed by atoms with E-state index in [4.69, 9.17) is 27.9 Å². The summed E-state index contributed by atoms with van der Waals surface area (Å²) >= 11 is 12.0. The minimum Gasteiger partial charge on any atom is -0.540 e. The van der Waals surface area contributed by atoms with Gasteiger partial charge in [0.1, 0.15) is 23.0 Å². The summed E-state index contributed by atoms with van der Waals surface area (Å²) in [6.45, 7) is 5.28. The van der Waals surface area contributed by atoms with E-state index >= 15 is 0 Å². The molecule has 0 saturated carbocycles. The lowest BCUT2D eigenvalue weighted by Gasteiger charge is -2.44. The van der Waals surface area contributed by atoms with E-state index in [2.05, 4.69) is 10.3 Å². The second-order valence-corrected chi connectivity index (χ2v) is 8.82. The van der Waals surface area contributed by atoms with E-state index in [1.165, 1.54) is 49.6 Å². The highest BCUT2D eigenvalue weighted by Gasteiger charge is 2.58. The third kappa shape index (κ3) is 3.85. The molecular weight excluding hydrogens is 460 g/mol. The van der Waals surface area contributed by atoms with Gasteiger partial charge in [-0.2, -0.15) is 4.48 Å². The van der Waals surface area contributed by atoms with Gasteiger partial charge in [0, 0.05) is 17.2 Å². The van der Waals surface area contributed by atoms with Crippen molar-refractivity contribution >= 4 is 46.8 Å². The summed E-state index contributed by atoms with van der Waals surface area (Å²) in [6.07, 6.45) is 0. The Kier molecular flexibility index (Phi) is 6.33. The van der Waals surface area contributed by atoms with Crippen LogP contribution in [-0.4, -0.2) is 30.5 Å². The highest BCUT2D eigenvalue weighted by Crippen LogP contribution is 2.43. The first-order valence-corrected chi connectivity index (χ1v) is 10.2. The quantitative estimate of drug-likeness (QED) is 0.678. The molecule has 1 atom stereocenters. The lowest BCUT2D eigenvalue weighted by Crippen LogP contribution is -2.66. The number of quaternary nitrogens is 1. The summed E-state index contributed by atoms with van der Waals surface area (Å²) in [5, 5.41) is 15.3. The van der Waals surface area contributed by atoms with Crippen molar-refractivity contribution in [2.45, 2.75) is 26.3 Å². The van der Waals surface area contributed by atoms with Crippen LogP contribution in [0.3, 0.4) is 0 Å². The number of carbonyl (C=O) groups excluding carboxylic acids is 2. The van der Waals surface area contributed by atoms with E-state index in [1.54, 1.807) is 20.8 Å². The average molecular weight is 480 g/mol. The van der Waals surface area contributed by atoms with Crippen LogP contribution in [0.4, 0.5) is 10.1 Å². The molecule has 0 saturated heterocycles. The van der Waals surface area contributed by atoms with Crippen LogP contribution in [0.2, 0.25) is 10.0 Å². The number of carbonyl (C=O) groups is 2. The highest BCUT2D eigenvalue weighted by atomic mass is 35.5. The van der Waals surface area contributed by atoms with Crippen molar-refractivity contribution in [1.82, 2.24) is 9.80 Å². The number of nitrogens with one attached hydrogen (secondary N) is 1. The molecule has 0 aliphatic carbocycles. The zero-order valence-electron chi connectivity index (χ0n) is 17.7. The average Bonchev–Trinajstić information content (AvgIpc) is 3.03. The Hall–Kier alpha value is -2.94. The molecule has 7 nitrogen and oxygen atoms in total. The highest BCUT2D eigenvalue weighted by molar-refractivity contribution is 6.36. The third-order valence-electron chi connectivity index (χ3n) is 5.06. The SMILES string of the molecule is COC1=NC(NC(=O)c2ccc(Cl)cc2Cl)=C(C(=O)[O-])[N+]1(c1ccc(F)cc1)C(C)(C)C. The molecule has 0 radical (unpaired) electrons. The second kappa shape index (κ2) is 8.54. The Morgan fingerprint density at radius 1 is 1.12 bits per heavy atom. The van der Waals surface area contributed by atoms with Crippen molar-refractivity contribution in [2.24, 2.45) is 4.99 Å². The molecule has 2 aromatic rings. The van der Waals surface area contributed by atoms with Gasteiger partial charge in [0.05, 0.1) is 17.7 Å². The maximum Gasteiger partial charge on any atom is 0.411 e. The molecule has 1 aliphatic rings. The molecule has 2 aromatic carbocycles. The zero-order chi connectivity index (χ0) is 23.8. The number of amides is 1. The van der Waals surface area contributed by atoms with Crippen molar-refractivity contribution in [3.8, 4) is 0 Å². The van der Waals surface area contributed by atoms with Crippen LogP contribution in [0.25, 0.3) is 0 Å². The van der Waals surface area contributed by atoms with Gasteiger partial charge in [-0.1, -0.05) is 23.2 Å². The molecule has 0 bridgehead atoms. The Balaban J connectivity index is 2.24. The smallest absolute Gasteiger partial charge is 0.411 e. The van der Waals surface area contributed by atoms with Gasteiger partial charge >= 0.3 is 6.02 Å². The lowest BCUT2D eigenvalue weighted by molar-refractivity contribution is -0.301. The number of methoxy groups -OCH3 is 1. The number of nitrogens with zero attached hydrogens (tertiary/aromatic N) is 2. The molecule has 3 rings (SSSR count). The van der Waals surface area contributed by atoms with Crippen LogP contribution < -0.4 is 14.9 Å². The number of amidine groups is 1. The number of rotatable bonds is 4. The minimum atomic E-state index is -1.59. The van der Waals surface area contributed by atoms with E-state index in [0.29, 0.717) is 10.7 Å². The molecule has 1 N–H and O–H groups in total. The number of aliphatic carboxylic acids is 1. The van der Waals surface area contributed by atoms with E-state index < -0.39 is 27.7 Å². The van der Waals surface area contributed by atoms with Crippen molar-refractivity contribution in [3.05, 3.63) is 75.4 Å². The van der Waals surface area contributed by atoms with Crippen LogP contribution in [0.1, 0.15) is 31.1 Å². The normalized spacial score (nSPS) is 18.4. The number of hydrogen-bond acceptors (Lipinski definition) is 5. The maximum absolute atomic E-state index is 13.6. The minimum absolute atomic E-state index is 0.0409. The fourth-order valence-electron chi connectivity index (χ4n) is 3.74. The largest absolute Gasteiger partial charge is 0.540 e.